The average molecular weight is 346 g/mol. The summed E-state index contributed by atoms with van der Waals surface area (Å²) in [6.07, 6.45) is -0.779. The number of carbonyl (C=O) groups excluding carboxylic acids is 1. The number of rotatable bonds is 5. The molecule has 1 aliphatic heterocycles. The largest absolute Gasteiger partial charge is 0.439 e. The molecule has 1 aliphatic rings. The normalized spacial score (nSPS) is 17.2. The fourth-order valence-electron chi connectivity index (χ4n) is 2.58. The van der Waals surface area contributed by atoms with E-state index in [1.54, 1.807) is 30.3 Å². The Morgan fingerprint density at radius 3 is 2.58 bits per heavy atom. The lowest BCUT2D eigenvalue weighted by atomic mass is 10.1. The van der Waals surface area contributed by atoms with Gasteiger partial charge < -0.3 is 10.1 Å². The molecule has 2 N–H and O–H groups in total. The number of nitrogens with one attached hydrogen (secondary N) is 2. The molecule has 1 saturated heterocycles. The van der Waals surface area contributed by atoms with Crippen molar-refractivity contribution in [3.05, 3.63) is 65.2 Å². The Balaban J connectivity index is 1.67. The fraction of sp³-hybridized carbons (Fsp3) is 0.235. The fourth-order valence-corrected chi connectivity index (χ4v) is 3.76. The number of sulfonamides is 1. The molecule has 24 heavy (non-hydrogen) atoms. The molecular weight excluding hydrogens is 328 g/mol. The first-order chi connectivity index (χ1) is 11.4. The Morgan fingerprint density at radius 1 is 1.21 bits per heavy atom. The predicted molar refractivity (Wildman–Crippen MR) is 91.1 cm³/mol. The van der Waals surface area contributed by atoms with Gasteiger partial charge in [0.25, 0.3) is 0 Å². The second-order valence-electron chi connectivity index (χ2n) is 5.75. The zero-order valence-corrected chi connectivity index (χ0v) is 14.0. The van der Waals surface area contributed by atoms with Crippen molar-refractivity contribution < 1.29 is 17.9 Å². The van der Waals surface area contributed by atoms with Crippen molar-refractivity contribution in [2.24, 2.45) is 0 Å². The van der Waals surface area contributed by atoms with Gasteiger partial charge in [-0.2, -0.15) is 0 Å². The first-order valence-corrected chi connectivity index (χ1v) is 9.17. The monoisotopic (exact) mass is 346 g/mol. The Labute approximate surface area is 140 Å². The summed E-state index contributed by atoms with van der Waals surface area (Å²) in [7, 11) is -3.49. The zero-order chi connectivity index (χ0) is 17.2. The van der Waals surface area contributed by atoms with Gasteiger partial charge in [-0.05, 0) is 30.2 Å². The van der Waals surface area contributed by atoms with Crippen LogP contribution >= 0.6 is 0 Å². The Bertz CT molecular complexity index is 847. The van der Waals surface area contributed by atoms with Gasteiger partial charge in [0.05, 0.1) is 12.3 Å². The minimum absolute atomic E-state index is 0.0827. The molecule has 0 spiro atoms. The van der Waals surface area contributed by atoms with Gasteiger partial charge in [-0.15, -0.1) is 0 Å². The van der Waals surface area contributed by atoms with E-state index in [0.29, 0.717) is 12.2 Å². The Morgan fingerprint density at radius 2 is 1.96 bits per heavy atom. The third kappa shape index (κ3) is 4.05. The molecule has 2 aromatic rings. The molecule has 1 atom stereocenters. The van der Waals surface area contributed by atoms with Crippen LogP contribution in [0.15, 0.2) is 48.5 Å². The van der Waals surface area contributed by atoms with Crippen LogP contribution in [0, 0.1) is 6.92 Å². The lowest BCUT2D eigenvalue weighted by Crippen LogP contribution is -2.15. The maximum Gasteiger partial charge on any atom is 0.407 e. The van der Waals surface area contributed by atoms with Crippen LogP contribution in [0.1, 0.15) is 22.8 Å². The van der Waals surface area contributed by atoms with Crippen LogP contribution in [-0.4, -0.2) is 21.1 Å². The van der Waals surface area contributed by atoms with Gasteiger partial charge in [-0.25, -0.2) is 13.2 Å². The topological polar surface area (TPSA) is 84.5 Å². The number of anilines is 1. The molecule has 6 nitrogen and oxygen atoms in total. The quantitative estimate of drug-likeness (QED) is 0.872. The SMILES string of the molecule is Cc1cccc(CS(=O)(=O)Nc2ccc(C3CNC(=O)O3)cc2)c1. The Kier molecular flexibility index (Phi) is 4.44. The molecule has 1 unspecified atom stereocenters. The number of aryl methyl sites for hydroxylation is 1. The second-order valence-corrected chi connectivity index (χ2v) is 7.47. The summed E-state index contributed by atoms with van der Waals surface area (Å²) in [5, 5.41) is 2.58. The van der Waals surface area contributed by atoms with E-state index in [0.717, 1.165) is 16.7 Å². The van der Waals surface area contributed by atoms with Crippen molar-refractivity contribution >= 4 is 21.8 Å². The average Bonchev–Trinajstić information content (AvgIpc) is 2.93. The summed E-state index contributed by atoms with van der Waals surface area (Å²) in [5.74, 6) is -0.0827. The molecule has 0 aliphatic carbocycles. The van der Waals surface area contributed by atoms with E-state index in [4.69, 9.17) is 4.74 Å². The van der Waals surface area contributed by atoms with Crippen molar-refractivity contribution in [1.82, 2.24) is 5.32 Å². The van der Waals surface area contributed by atoms with Crippen LogP contribution < -0.4 is 10.0 Å². The van der Waals surface area contributed by atoms with Crippen LogP contribution in [0.4, 0.5) is 10.5 Å². The number of carbonyl (C=O) groups is 1. The molecule has 0 aromatic heterocycles. The number of amides is 1. The molecule has 126 valence electrons. The van der Waals surface area contributed by atoms with Crippen molar-refractivity contribution in [3.8, 4) is 0 Å². The van der Waals surface area contributed by atoms with Gasteiger partial charge in [0.2, 0.25) is 10.0 Å². The molecule has 3 rings (SSSR count). The van der Waals surface area contributed by atoms with Crippen molar-refractivity contribution in [3.63, 3.8) is 0 Å². The van der Waals surface area contributed by atoms with E-state index < -0.39 is 16.1 Å². The Hall–Kier alpha value is -2.54. The highest BCUT2D eigenvalue weighted by molar-refractivity contribution is 7.91. The van der Waals surface area contributed by atoms with E-state index in [9.17, 15) is 13.2 Å². The molecule has 0 saturated carbocycles. The van der Waals surface area contributed by atoms with E-state index in [1.807, 2.05) is 25.1 Å². The van der Waals surface area contributed by atoms with Crippen molar-refractivity contribution in [1.29, 1.82) is 0 Å². The number of hydrogen-bond donors (Lipinski definition) is 2. The van der Waals surface area contributed by atoms with E-state index in [2.05, 4.69) is 10.0 Å². The van der Waals surface area contributed by atoms with Crippen LogP contribution in [-0.2, 0) is 20.5 Å². The van der Waals surface area contributed by atoms with Gasteiger partial charge in [-0.1, -0.05) is 42.0 Å². The van der Waals surface area contributed by atoms with Crippen LogP contribution in [0.5, 0.6) is 0 Å². The third-order valence-corrected chi connectivity index (χ3v) is 4.94. The minimum atomic E-state index is -3.49. The van der Waals surface area contributed by atoms with Crippen LogP contribution in [0.2, 0.25) is 0 Å². The number of cyclic esters (lactones) is 1. The molecule has 0 radical (unpaired) electrons. The molecule has 1 heterocycles. The van der Waals surface area contributed by atoms with E-state index in [1.165, 1.54) is 0 Å². The smallest absolute Gasteiger partial charge is 0.407 e. The first kappa shape index (κ1) is 16.3. The standard InChI is InChI=1S/C17H18N2O4S/c1-12-3-2-4-13(9-12)11-24(21,22)19-15-7-5-14(6-8-15)16-10-18-17(20)23-16/h2-9,16,19H,10-11H2,1H3,(H,18,20). The number of alkyl carbamates (subject to hydrolysis) is 1. The van der Waals surface area contributed by atoms with Crippen LogP contribution in [0.3, 0.4) is 0 Å². The highest BCUT2D eigenvalue weighted by Gasteiger charge is 2.24. The number of hydrogen-bond acceptors (Lipinski definition) is 4. The maximum absolute atomic E-state index is 12.3. The second kappa shape index (κ2) is 6.52. The lowest BCUT2D eigenvalue weighted by Gasteiger charge is -2.11. The van der Waals surface area contributed by atoms with Crippen molar-refractivity contribution in [2.45, 2.75) is 18.8 Å². The summed E-state index contributed by atoms with van der Waals surface area (Å²) in [6.45, 7) is 2.34. The van der Waals surface area contributed by atoms with Gasteiger partial charge in [0, 0.05) is 5.69 Å². The summed E-state index contributed by atoms with van der Waals surface area (Å²) in [5.41, 5.74) is 3.05. The third-order valence-electron chi connectivity index (χ3n) is 3.68. The molecular formula is C17H18N2O4S. The van der Waals surface area contributed by atoms with E-state index in [-0.39, 0.29) is 11.9 Å². The van der Waals surface area contributed by atoms with Crippen LogP contribution in [0.25, 0.3) is 0 Å². The molecule has 7 heteroatoms. The predicted octanol–water partition coefficient (Wildman–Crippen LogP) is 2.72. The molecule has 2 aromatic carbocycles. The number of ether oxygens (including phenoxy) is 1. The zero-order valence-electron chi connectivity index (χ0n) is 13.2. The highest BCUT2D eigenvalue weighted by Crippen LogP contribution is 2.23. The van der Waals surface area contributed by atoms with Crippen molar-refractivity contribution in [2.75, 3.05) is 11.3 Å². The summed E-state index contributed by atoms with van der Waals surface area (Å²) in [4.78, 5) is 11.1. The molecule has 1 fully saturated rings. The van der Waals surface area contributed by atoms with Gasteiger partial charge >= 0.3 is 6.09 Å². The van der Waals surface area contributed by atoms with Gasteiger partial charge in [-0.3, -0.25) is 4.72 Å². The number of benzene rings is 2. The molecule has 1 amide bonds. The van der Waals surface area contributed by atoms with Gasteiger partial charge in [0.15, 0.2) is 0 Å². The maximum atomic E-state index is 12.3. The first-order valence-electron chi connectivity index (χ1n) is 7.52. The summed E-state index contributed by atoms with van der Waals surface area (Å²) >= 11 is 0. The molecule has 0 bridgehead atoms. The summed E-state index contributed by atoms with van der Waals surface area (Å²) < 4.78 is 32.2. The highest BCUT2D eigenvalue weighted by atomic mass is 32.2. The van der Waals surface area contributed by atoms with Gasteiger partial charge in [0.1, 0.15) is 6.10 Å². The van der Waals surface area contributed by atoms with E-state index >= 15 is 0 Å². The summed E-state index contributed by atoms with van der Waals surface area (Å²) in [6, 6.07) is 14.2. The minimum Gasteiger partial charge on any atom is -0.439 e. The lowest BCUT2D eigenvalue weighted by molar-refractivity contribution is 0.141.